The first-order valence-electron chi connectivity index (χ1n) is 7.87. The Balaban J connectivity index is 1.55. The number of H-pyrrole nitrogens is 1. The summed E-state index contributed by atoms with van der Waals surface area (Å²) in [7, 11) is 2.00. The second-order valence-electron chi connectivity index (χ2n) is 5.52. The number of hydrogen-bond donors (Lipinski definition) is 2. The molecule has 2 N–H and O–H groups in total. The van der Waals surface area contributed by atoms with Gasteiger partial charge in [-0.1, -0.05) is 24.3 Å². The maximum atomic E-state index is 12.3. The summed E-state index contributed by atoms with van der Waals surface area (Å²) in [5.41, 5.74) is 1.12. The van der Waals surface area contributed by atoms with Crippen molar-refractivity contribution in [1.29, 1.82) is 0 Å². The molecule has 0 unspecified atom stereocenters. The number of likely N-dealkylation sites (N-methyl/N-ethyl adjacent to an activating group) is 1. The Morgan fingerprint density at radius 1 is 1.32 bits per heavy atom. The van der Waals surface area contributed by atoms with E-state index in [2.05, 4.69) is 20.4 Å². The maximum Gasteiger partial charge on any atom is 0.240 e. The number of carbonyl (C=O) groups is 1. The molecular weight excluding hydrogens is 354 g/mol. The molecular formula is C17H19N5OS2. The summed E-state index contributed by atoms with van der Waals surface area (Å²) in [6.45, 7) is 1.44. The Morgan fingerprint density at radius 2 is 2.12 bits per heavy atom. The molecule has 1 amide bonds. The van der Waals surface area contributed by atoms with E-state index in [1.165, 1.54) is 0 Å². The van der Waals surface area contributed by atoms with E-state index >= 15 is 0 Å². The Hall–Kier alpha value is -2.45. The summed E-state index contributed by atoms with van der Waals surface area (Å²) in [5.74, 6) is 0.605. The monoisotopic (exact) mass is 373 g/mol. The Kier molecular flexibility index (Phi) is 5.62. The van der Waals surface area contributed by atoms with E-state index < -0.39 is 0 Å². The molecule has 0 spiro atoms. The number of para-hydroxylation sites is 1. The van der Waals surface area contributed by atoms with E-state index in [9.17, 15) is 4.79 Å². The fourth-order valence-electron chi connectivity index (χ4n) is 2.43. The highest BCUT2D eigenvalue weighted by Gasteiger charge is 2.13. The molecule has 0 aliphatic carbocycles. The van der Waals surface area contributed by atoms with Crippen molar-refractivity contribution in [3.05, 3.63) is 52.6 Å². The highest BCUT2D eigenvalue weighted by Crippen LogP contribution is 2.22. The average Bonchev–Trinajstić information content (AvgIpc) is 3.26. The fourth-order valence-corrected chi connectivity index (χ4v) is 3.35. The number of aromatic amines is 1. The van der Waals surface area contributed by atoms with Gasteiger partial charge in [-0.15, -0.1) is 11.3 Å². The van der Waals surface area contributed by atoms with Crippen LogP contribution in [0.4, 0.5) is 5.69 Å². The van der Waals surface area contributed by atoms with Crippen LogP contribution < -0.4 is 10.2 Å². The molecule has 0 aliphatic rings. The quantitative estimate of drug-likeness (QED) is 0.625. The lowest BCUT2D eigenvalue weighted by atomic mass is 10.3. The fraction of sp³-hybridized carbons (Fsp3) is 0.235. The Morgan fingerprint density at radius 3 is 2.84 bits per heavy atom. The number of benzene rings is 1. The predicted octanol–water partition coefficient (Wildman–Crippen LogP) is 2.92. The van der Waals surface area contributed by atoms with Crippen LogP contribution in [0.25, 0.3) is 10.7 Å². The minimum Gasteiger partial charge on any atom is -0.373 e. The molecule has 0 saturated heterocycles. The third-order valence-electron chi connectivity index (χ3n) is 3.77. The van der Waals surface area contributed by atoms with Gasteiger partial charge in [-0.2, -0.15) is 5.10 Å². The first-order valence-corrected chi connectivity index (χ1v) is 9.16. The number of carbonyl (C=O) groups excluding carboxylic acids is 1. The second-order valence-corrected chi connectivity index (χ2v) is 6.86. The van der Waals surface area contributed by atoms with Crippen molar-refractivity contribution in [3.63, 3.8) is 0 Å². The minimum absolute atomic E-state index is 0.0863. The summed E-state index contributed by atoms with van der Waals surface area (Å²) in [6, 6.07) is 14.0. The van der Waals surface area contributed by atoms with Crippen LogP contribution in [-0.4, -0.2) is 40.8 Å². The lowest BCUT2D eigenvalue weighted by Gasteiger charge is -2.19. The molecule has 8 heteroatoms. The largest absolute Gasteiger partial charge is 0.373 e. The zero-order valence-electron chi connectivity index (χ0n) is 13.8. The van der Waals surface area contributed by atoms with Crippen LogP contribution in [0.15, 0.2) is 47.8 Å². The van der Waals surface area contributed by atoms with Gasteiger partial charge >= 0.3 is 0 Å². The van der Waals surface area contributed by atoms with Crippen LogP contribution in [0.5, 0.6) is 0 Å². The van der Waals surface area contributed by atoms with Gasteiger partial charge in [0.05, 0.1) is 4.88 Å². The number of nitrogens with zero attached hydrogens (tertiary/aromatic N) is 3. The molecule has 2 heterocycles. The van der Waals surface area contributed by atoms with Crippen LogP contribution in [0.3, 0.4) is 0 Å². The van der Waals surface area contributed by atoms with Gasteiger partial charge in [0.25, 0.3) is 0 Å². The molecule has 3 rings (SSSR count). The maximum absolute atomic E-state index is 12.3. The number of rotatable bonds is 7. The zero-order chi connectivity index (χ0) is 17.6. The molecule has 0 bridgehead atoms. The number of anilines is 1. The van der Waals surface area contributed by atoms with Gasteiger partial charge in [-0.25, -0.2) is 0 Å². The number of nitrogens with one attached hydrogen (secondary N) is 2. The van der Waals surface area contributed by atoms with Crippen LogP contribution in [0.1, 0.15) is 0 Å². The lowest BCUT2D eigenvalue weighted by molar-refractivity contribution is -0.121. The molecule has 0 fully saturated rings. The summed E-state index contributed by atoms with van der Waals surface area (Å²) in [6.07, 6.45) is 0. The molecule has 0 aliphatic heterocycles. The van der Waals surface area contributed by atoms with Crippen molar-refractivity contribution in [2.45, 2.75) is 6.54 Å². The van der Waals surface area contributed by atoms with Gasteiger partial charge in [-0.05, 0) is 35.8 Å². The van der Waals surface area contributed by atoms with Gasteiger partial charge in [0.15, 0.2) is 10.6 Å². The van der Waals surface area contributed by atoms with Crippen LogP contribution in [0.2, 0.25) is 0 Å². The third-order valence-corrected chi connectivity index (χ3v) is 4.95. The smallest absolute Gasteiger partial charge is 0.240 e. The first-order chi connectivity index (χ1) is 12.1. The highest BCUT2D eigenvalue weighted by atomic mass is 32.1. The van der Waals surface area contributed by atoms with Gasteiger partial charge in [0.2, 0.25) is 5.91 Å². The van der Waals surface area contributed by atoms with Gasteiger partial charge in [0.1, 0.15) is 6.54 Å². The Labute approximate surface area is 155 Å². The summed E-state index contributed by atoms with van der Waals surface area (Å²) >= 11 is 6.81. The van der Waals surface area contributed by atoms with Crippen LogP contribution in [0, 0.1) is 4.77 Å². The molecule has 3 aromatic rings. The van der Waals surface area contributed by atoms with E-state index in [4.69, 9.17) is 12.2 Å². The summed E-state index contributed by atoms with van der Waals surface area (Å²) < 4.78 is 2.16. The number of hydrogen-bond acceptors (Lipinski definition) is 5. The van der Waals surface area contributed by atoms with Crippen molar-refractivity contribution in [3.8, 4) is 10.7 Å². The molecule has 0 saturated carbocycles. The second kappa shape index (κ2) is 8.09. The normalized spacial score (nSPS) is 10.6. The van der Waals surface area contributed by atoms with Crippen molar-refractivity contribution in [2.24, 2.45) is 0 Å². The predicted molar refractivity (Wildman–Crippen MR) is 103 cm³/mol. The van der Waals surface area contributed by atoms with Crippen molar-refractivity contribution in [1.82, 2.24) is 20.1 Å². The molecule has 6 nitrogen and oxygen atoms in total. The SMILES string of the molecule is CN(CCNC(=O)Cn1c(-c2cccs2)n[nH]c1=S)c1ccccc1. The zero-order valence-corrected chi connectivity index (χ0v) is 15.4. The molecule has 1 aromatic carbocycles. The van der Waals surface area contributed by atoms with E-state index in [-0.39, 0.29) is 12.5 Å². The van der Waals surface area contributed by atoms with E-state index in [1.807, 2.05) is 54.9 Å². The minimum atomic E-state index is -0.0863. The standard InChI is InChI=1S/C17H19N5OS2/c1-21(13-6-3-2-4-7-13)10-9-18-15(23)12-22-16(19-20-17(22)24)14-8-5-11-25-14/h2-8,11H,9-10,12H2,1H3,(H,18,23)(H,20,24). The van der Waals surface area contributed by atoms with Crippen LogP contribution in [-0.2, 0) is 11.3 Å². The lowest BCUT2D eigenvalue weighted by Crippen LogP contribution is -2.35. The summed E-state index contributed by atoms with van der Waals surface area (Å²) in [4.78, 5) is 15.3. The first kappa shape index (κ1) is 17.4. The van der Waals surface area contributed by atoms with Crippen molar-refractivity contribution >= 4 is 35.1 Å². The number of thiophene rings is 1. The van der Waals surface area contributed by atoms with Gasteiger partial charge < -0.3 is 10.2 Å². The van der Waals surface area contributed by atoms with Crippen molar-refractivity contribution < 1.29 is 4.79 Å². The van der Waals surface area contributed by atoms with Crippen LogP contribution >= 0.6 is 23.6 Å². The molecule has 0 radical (unpaired) electrons. The van der Waals surface area contributed by atoms with Gasteiger partial charge in [0, 0.05) is 25.8 Å². The van der Waals surface area contributed by atoms with Gasteiger partial charge in [-0.3, -0.25) is 14.5 Å². The third kappa shape index (κ3) is 4.34. The molecule has 25 heavy (non-hydrogen) atoms. The molecule has 2 aromatic heterocycles. The molecule has 0 atom stereocenters. The average molecular weight is 374 g/mol. The topological polar surface area (TPSA) is 66.0 Å². The van der Waals surface area contributed by atoms with Crippen molar-refractivity contribution in [2.75, 3.05) is 25.0 Å². The highest BCUT2D eigenvalue weighted by molar-refractivity contribution is 7.71. The van der Waals surface area contributed by atoms with E-state index in [0.717, 1.165) is 17.1 Å². The summed E-state index contributed by atoms with van der Waals surface area (Å²) in [5, 5.41) is 11.9. The Bertz CT molecular complexity index is 870. The number of amides is 1. The van der Waals surface area contributed by atoms with E-state index in [1.54, 1.807) is 15.9 Å². The number of aromatic nitrogens is 3. The molecule has 130 valence electrons. The van der Waals surface area contributed by atoms with E-state index in [0.29, 0.717) is 17.1 Å².